The Morgan fingerprint density at radius 1 is 1.22 bits per heavy atom. The highest BCUT2D eigenvalue weighted by Crippen LogP contribution is 2.14. The van der Waals surface area contributed by atoms with Crippen LogP contribution in [0, 0.1) is 6.92 Å². The predicted molar refractivity (Wildman–Crippen MR) is 115 cm³/mol. The Labute approximate surface area is 178 Å². The zero-order valence-electron chi connectivity index (χ0n) is 16.5. The maximum Gasteiger partial charge on any atom is 0.239 e. The Morgan fingerprint density at radius 2 is 1.89 bits per heavy atom. The van der Waals surface area contributed by atoms with E-state index in [9.17, 15) is 4.79 Å². The van der Waals surface area contributed by atoms with Gasteiger partial charge in [-0.25, -0.2) is 0 Å². The van der Waals surface area contributed by atoms with Crippen LogP contribution in [0.2, 0.25) is 0 Å². The maximum absolute atomic E-state index is 12.6. The number of aryl methyl sites for hydroxylation is 1. The molecule has 3 heterocycles. The lowest BCUT2D eigenvalue weighted by atomic mass is 10.2. The van der Waals surface area contributed by atoms with Gasteiger partial charge in [0.1, 0.15) is 0 Å². The van der Waals surface area contributed by atoms with Crippen molar-refractivity contribution >= 4 is 35.8 Å². The number of carbonyl (C=O) groups excluding carboxylic acids is 1. The van der Waals surface area contributed by atoms with Crippen LogP contribution in [0.3, 0.4) is 0 Å². The number of amides is 1. The molecule has 1 unspecified atom stereocenters. The van der Waals surface area contributed by atoms with Gasteiger partial charge in [0.15, 0.2) is 11.7 Å². The molecule has 1 amide bonds. The van der Waals surface area contributed by atoms with Gasteiger partial charge in [0.05, 0.1) is 18.3 Å². The van der Waals surface area contributed by atoms with Crippen molar-refractivity contribution in [1.29, 1.82) is 0 Å². The van der Waals surface area contributed by atoms with Crippen LogP contribution in [-0.4, -0.2) is 84.1 Å². The van der Waals surface area contributed by atoms with Crippen molar-refractivity contribution in [2.24, 2.45) is 4.99 Å². The Balaban J connectivity index is 0.00000261. The van der Waals surface area contributed by atoms with Gasteiger partial charge in [-0.2, -0.15) is 0 Å². The fourth-order valence-corrected chi connectivity index (χ4v) is 3.68. The SMILES string of the molecule is CN=C(NCc1cc(C)no1)N1CCN(C(C)C(=O)N2CCCC2)CC1.I. The monoisotopic (exact) mass is 490 g/mol. The molecule has 2 saturated heterocycles. The van der Waals surface area contributed by atoms with Crippen molar-refractivity contribution in [2.75, 3.05) is 46.3 Å². The topological polar surface area (TPSA) is 77.2 Å². The van der Waals surface area contributed by atoms with E-state index in [1.54, 1.807) is 7.05 Å². The number of aliphatic imine (C=N–C) groups is 1. The summed E-state index contributed by atoms with van der Waals surface area (Å²) >= 11 is 0. The lowest BCUT2D eigenvalue weighted by Gasteiger charge is -2.39. The van der Waals surface area contributed by atoms with Gasteiger partial charge in [0, 0.05) is 52.4 Å². The summed E-state index contributed by atoms with van der Waals surface area (Å²) in [5.41, 5.74) is 0.877. The van der Waals surface area contributed by atoms with E-state index in [1.165, 1.54) is 0 Å². The molecule has 152 valence electrons. The van der Waals surface area contributed by atoms with E-state index in [0.29, 0.717) is 6.54 Å². The molecule has 0 saturated carbocycles. The van der Waals surface area contributed by atoms with Crippen molar-refractivity contribution in [3.05, 3.63) is 17.5 Å². The smallest absolute Gasteiger partial charge is 0.239 e. The van der Waals surface area contributed by atoms with Crippen LogP contribution in [0.5, 0.6) is 0 Å². The first kappa shape index (κ1) is 21.9. The molecular formula is C18H31IN6O2. The van der Waals surface area contributed by atoms with Crippen molar-refractivity contribution in [3.8, 4) is 0 Å². The van der Waals surface area contributed by atoms with Gasteiger partial charge in [-0.15, -0.1) is 24.0 Å². The number of guanidine groups is 1. The quantitative estimate of drug-likeness (QED) is 0.390. The lowest BCUT2D eigenvalue weighted by molar-refractivity contribution is -0.135. The van der Waals surface area contributed by atoms with E-state index < -0.39 is 0 Å². The third-order valence-electron chi connectivity index (χ3n) is 5.25. The first-order chi connectivity index (χ1) is 12.6. The van der Waals surface area contributed by atoms with Crippen LogP contribution in [0.15, 0.2) is 15.6 Å². The normalized spacial score (nSPS) is 19.7. The number of nitrogens with zero attached hydrogens (tertiary/aromatic N) is 5. The van der Waals surface area contributed by atoms with Crippen LogP contribution < -0.4 is 5.32 Å². The van der Waals surface area contributed by atoms with Crippen molar-refractivity contribution in [2.45, 2.75) is 39.3 Å². The molecule has 2 aliphatic heterocycles. The van der Waals surface area contributed by atoms with Crippen molar-refractivity contribution in [3.63, 3.8) is 0 Å². The summed E-state index contributed by atoms with van der Waals surface area (Å²) in [6, 6.07) is 1.88. The molecule has 9 heteroatoms. The Morgan fingerprint density at radius 3 is 2.44 bits per heavy atom. The molecule has 2 fully saturated rings. The van der Waals surface area contributed by atoms with Gasteiger partial charge >= 0.3 is 0 Å². The second-order valence-corrected chi connectivity index (χ2v) is 7.07. The standard InChI is InChI=1S/C18H30N6O2.HI/c1-14-12-16(26-21-14)13-20-18(19-3)24-10-8-22(9-11-24)15(2)17(25)23-6-4-5-7-23;/h12,15H,4-11,13H2,1-3H3,(H,19,20);1H. The van der Waals surface area contributed by atoms with Crippen LogP contribution in [0.25, 0.3) is 0 Å². The van der Waals surface area contributed by atoms with Gasteiger partial charge in [-0.1, -0.05) is 5.16 Å². The molecule has 8 nitrogen and oxygen atoms in total. The summed E-state index contributed by atoms with van der Waals surface area (Å²) in [5, 5.41) is 7.23. The molecule has 0 aliphatic carbocycles. The number of nitrogens with one attached hydrogen (secondary N) is 1. The molecule has 0 aromatic carbocycles. The van der Waals surface area contributed by atoms with E-state index in [0.717, 1.165) is 69.5 Å². The number of piperazine rings is 1. The Kier molecular flexibility index (Phi) is 8.33. The fourth-order valence-electron chi connectivity index (χ4n) is 3.68. The van der Waals surface area contributed by atoms with Gasteiger partial charge in [-0.3, -0.25) is 14.7 Å². The van der Waals surface area contributed by atoms with Gasteiger partial charge in [0.2, 0.25) is 5.91 Å². The number of hydrogen-bond acceptors (Lipinski definition) is 5. The highest BCUT2D eigenvalue weighted by Gasteiger charge is 2.30. The van der Waals surface area contributed by atoms with Gasteiger partial charge in [0.25, 0.3) is 0 Å². The molecule has 1 aromatic rings. The van der Waals surface area contributed by atoms with Crippen molar-refractivity contribution in [1.82, 2.24) is 25.2 Å². The largest absolute Gasteiger partial charge is 0.359 e. The third-order valence-corrected chi connectivity index (χ3v) is 5.25. The zero-order chi connectivity index (χ0) is 18.5. The predicted octanol–water partition coefficient (Wildman–Crippen LogP) is 1.30. The fraction of sp³-hybridized carbons (Fsp3) is 0.722. The summed E-state index contributed by atoms with van der Waals surface area (Å²) in [5.74, 6) is 1.93. The molecule has 0 bridgehead atoms. The minimum Gasteiger partial charge on any atom is -0.359 e. The number of hydrogen-bond donors (Lipinski definition) is 1. The summed E-state index contributed by atoms with van der Waals surface area (Å²) in [6.45, 7) is 9.78. The van der Waals surface area contributed by atoms with E-state index >= 15 is 0 Å². The summed E-state index contributed by atoms with van der Waals surface area (Å²) in [7, 11) is 1.79. The summed E-state index contributed by atoms with van der Waals surface area (Å²) in [4.78, 5) is 23.5. The highest BCUT2D eigenvalue weighted by molar-refractivity contribution is 14.0. The Bertz CT molecular complexity index is 636. The zero-order valence-corrected chi connectivity index (χ0v) is 18.8. The van der Waals surface area contributed by atoms with E-state index in [4.69, 9.17) is 4.52 Å². The minimum absolute atomic E-state index is 0. The maximum atomic E-state index is 12.6. The molecule has 0 radical (unpaired) electrons. The molecule has 1 atom stereocenters. The second kappa shape index (κ2) is 10.3. The van der Waals surface area contributed by atoms with E-state index in [2.05, 4.69) is 25.3 Å². The molecule has 2 aliphatic rings. The van der Waals surface area contributed by atoms with Crippen LogP contribution in [0.1, 0.15) is 31.2 Å². The molecule has 1 N–H and O–H groups in total. The number of likely N-dealkylation sites (tertiary alicyclic amines) is 1. The lowest BCUT2D eigenvalue weighted by Crippen LogP contribution is -2.57. The Hall–Kier alpha value is -1.36. The first-order valence-corrected chi connectivity index (χ1v) is 9.49. The summed E-state index contributed by atoms with van der Waals surface area (Å²) < 4.78 is 5.23. The molecular weight excluding hydrogens is 459 g/mol. The molecule has 27 heavy (non-hydrogen) atoms. The second-order valence-electron chi connectivity index (χ2n) is 7.07. The van der Waals surface area contributed by atoms with Gasteiger partial charge in [-0.05, 0) is 26.7 Å². The molecule has 0 spiro atoms. The number of carbonyl (C=O) groups is 1. The molecule has 3 rings (SSSR count). The van der Waals surface area contributed by atoms with Gasteiger partial charge < -0.3 is 19.6 Å². The number of aromatic nitrogens is 1. The number of rotatable bonds is 4. The van der Waals surface area contributed by atoms with Crippen molar-refractivity contribution < 1.29 is 9.32 Å². The summed E-state index contributed by atoms with van der Waals surface area (Å²) in [6.07, 6.45) is 2.28. The van der Waals surface area contributed by atoms with Crippen LogP contribution in [-0.2, 0) is 11.3 Å². The van der Waals surface area contributed by atoms with E-state index in [-0.39, 0.29) is 35.9 Å². The first-order valence-electron chi connectivity index (χ1n) is 9.49. The molecule has 1 aromatic heterocycles. The highest BCUT2D eigenvalue weighted by atomic mass is 127. The van der Waals surface area contributed by atoms with E-state index in [1.807, 2.05) is 24.8 Å². The third kappa shape index (κ3) is 5.56. The van der Waals surface area contributed by atoms with Crippen LogP contribution in [0.4, 0.5) is 0 Å². The number of halogens is 1. The minimum atomic E-state index is -0.0395. The average molecular weight is 490 g/mol. The average Bonchev–Trinajstić information content (AvgIpc) is 3.33. The van der Waals surface area contributed by atoms with Crippen LogP contribution >= 0.6 is 24.0 Å².